The van der Waals surface area contributed by atoms with E-state index in [1.807, 2.05) is 0 Å². The molecule has 82 valence electrons. The minimum absolute atomic E-state index is 0.646. The lowest BCUT2D eigenvalue weighted by atomic mass is 10.5. The zero-order chi connectivity index (χ0) is 11.5. The Morgan fingerprint density at radius 3 is 2.00 bits per heavy atom. The Hall–Kier alpha value is -0.260. The Kier molecular flexibility index (Phi) is 4.91. The Morgan fingerprint density at radius 1 is 1.36 bits per heavy atom. The van der Waals surface area contributed by atoms with E-state index >= 15 is 0 Å². The van der Waals surface area contributed by atoms with Gasteiger partial charge in [-0.15, -0.1) is 0 Å². The van der Waals surface area contributed by atoms with Gasteiger partial charge in [0.2, 0.25) is 5.76 Å². The van der Waals surface area contributed by atoms with E-state index in [9.17, 15) is 9.36 Å². The minimum Gasteiger partial charge on any atom is -0.396 e. The number of carbonyl (C=O) groups excluding carboxylic acids is 1. The molecule has 0 atom stereocenters. The van der Waals surface area contributed by atoms with Gasteiger partial charge in [0, 0.05) is 14.1 Å². The van der Waals surface area contributed by atoms with Crippen LogP contribution in [0.4, 0.5) is 0 Å². The fourth-order valence-corrected chi connectivity index (χ4v) is 1.23. The summed E-state index contributed by atoms with van der Waals surface area (Å²) in [6.45, 7) is 0. The molecule has 0 aromatic rings. The van der Waals surface area contributed by atoms with E-state index in [1.165, 1.54) is 14.1 Å². The van der Waals surface area contributed by atoms with Gasteiger partial charge in [0.25, 0.3) is 5.91 Å². The predicted molar refractivity (Wildman–Crippen MR) is 50.6 cm³/mol. The maximum absolute atomic E-state index is 11.2. The number of hydrogen-bond donors (Lipinski definition) is 2. The quantitative estimate of drug-likeness (QED) is 0.448. The van der Waals surface area contributed by atoms with Gasteiger partial charge in [0.15, 0.2) is 4.49 Å². The van der Waals surface area contributed by atoms with Crippen molar-refractivity contribution < 1.29 is 23.7 Å². The monoisotopic (exact) mass is 263 g/mol. The third kappa shape index (κ3) is 4.83. The van der Waals surface area contributed by atoms with Crippen LogP contribution in [0, 0.1) is 0 Å². The standard InChI is InChI=1S/C5H8Cl2NO5P/c1-8(2)5(9)3(4(6)7)13-14(10,11)12/h1-2H3,(H2,10,11,12). The van der Waals surface area contributed by atoms with Crippen molar-refractivity contribution in [3.8, 4) is 0 Å². The number of nitrogens with zero attached hydrogens (tertiary/aromatic N) is 1. The molecule has 0 bridgehead atoms. The molecule has 2 N–H and O–H groups in total. The lowest BCUT2D eigenvalue weighted by Gasteiger charge is -2.14. The molecule has 1 amide bonds. The van der Waals surface area contributed by atoms with Crippen molar-refractivity contribution in [1.29, 1.82) is 0 Å². The van der Waals surface area contributed by atoms with E-state index in [0.29, 0.717) is 0 Å². The van der Waals surface area contributed by atoms with Gasteiger partial charge in [0.05, 0.1) is 0 Å². The fourth-order valence-electron chi connectivity index (χ4n) is 0.476. The highest BCUT2D eigenvalue weighted by Crippen LogP contribution is 2.40. The van der Waals surface area contributed by atoms with Crippen molar-refractivity contribution in [3.63, 3.8) is 0 Å². The van der Waals surface area contributed by atoms with Crippen LogP contribution in [-0.2, 0) is 13.9 Å². The summed E-state index contributed by atoms with van der Waals surface area (Å²) in [4.78, 5) is 29.1. The Labute approximate surface area is 90.3 Å². The predicted octanol–water partition coefficient (Wildman–Crippen LogP) is 0.831. The third-order valence-corrected chi connectivity index (χ3v) is 1.75. The lowest BCUT2D eigenvalue weighted by molar-refractivity contribution is -0.127. The van der Waals surface area contributed by atoms with Crippen molar-refractivity contribution in [1.82, 2.24) is 4.90 Å². The highest BCUT2D eigenvalue weighted by molar-refractivity contribution is 7.46. The van der Waals surface area contributed by atoms with Gasteiger partial charge in [-0.3, -0.25) is 14.6 Å². The number of rotatable bonds is 3. The first kappa shape index (κ1) is 13.7. The molecule has 0 spiro atoms. The molecular weight excluding hydrogens is 256 g/mol. The van der Waals surface area contributed by atoms with Gasteiger partial charge < -0.3 is 9.42 Å². The largest absolute Gasteiger partial charge is 0.525 e. The highest BCUT2D eigenvalue weighted by atomic mass is 35.5. The van der Waals surface area contributed by atoms with Gasteiger partial charge in [-0.05, 0) is 0 Å². The number of hydrogen-bond acceptors (Lipinski definition) is 3. The number of amides is 1. The summed E-state index contributed by atoms with van der Waals surface area (Å²) in [6, 6.07) is 0. The molecular formula is C5H8Cl2NO5P. The Bertz CT molecular complexity index is 305. The summed E-state index contributed by atoms with van der Waals surface area (Å²) >= 11 is 10.4. The summed E-state index contributed by atoms with van der Waals surface area (Å²) in [7, 11) is -2.14. The SMILES string of the molecule is CN(C)C(=O)C(OP(=O)(O)O)=C(Cl)Cl. The molecule has 0 rings (SSSR count). The summed E-state index contributed by atoms with van der Waals surface area (Å²) in [5, 5.41) is 0. The summed E-state index contributed by atoms with van der Waals surface area (Å²) in [6.07, 6.45) is 0. The summed E-state index contributed by atoms with van der Waals surface area (Å²) in [5.74, 6) is -1.63. The van der Waals surface area contributed by atoms with Gasteiger partial charge in [0.1, 0.15) is 0 Å². The zero-order valence-corrected chi connectivity index (χ0v) is 9.68. The van der Waals surface area contributed by atoms with E-state index in [-0.39, 0.29) is 0 Å². The topological polar surface area (TPSA) is 87.1 Å². The number of phosphoric ester groups is 1. The molecule has 0 aliphatic heterocycles. The van der Waals surface area contributed by atoms with Crippen molar-refractivity contribution in [2.75, 3.05) is 14.1 Å². The molecule has 0 saturated carbocycles. The van der Waals surface area contributed by atoms with Crippen molar-refractivity contribution in [2.45, 2.75) is 0 Å². The van der Waals surface area contributed by atoms with Crippen molar-refractivity contribution in [2.24, 2.45) is 0 Å². The van der Waals surface area contributed by atoms with Crippen LogP contribution in [0.15, 0.2) is 10.3 Å². The number of likely N-dealkylation sites (N-methyl/N-ethyl adjacent to an activating group) is 1. The third-order valence-electron chi connectivity index (χ3n) is 0.982. The van der Waals surface area contributed by atoms with Crippen LogP contribution >= 0.6 is 31.0 Å². The van der Waals surface area contributed by atoms with Crippen LogP contribution in [0.1, 0.15) is 0 Å². The van der Waals surface area contributed by atoms with Gasteiger partial charge in [-0.1, -0.05) is 23.2 Å². The van der Waals surface area contributed by atoms with Crippen LogP contribution < -0.4 is 0 Å². The molecule has 14 heavy (non-hydrogen) atoms. The van der Waals surface area contributed by atoms with Crippen LogP contribution in [-0.4, -0.2) is 34.7 Å². The zero-order valence-electron chi connectivity index (χ0n) is 7.27. The van der Waals surface area contributed by atoms with Crippen molar-refractivity contribution >= 4 is 36.9 Å². The molecule has 0 fully saturated rings. The number of carbonyl (C=O) groups is 1. The average molecular weight is 264 g/mol. The molecule has 0 aliphatic carbocycles. The highest BCUT2D eigenvalue weighted by Gasteiger charge is 2.26. The second-order valence-electron chi connectivity index (χ2n) is 2.37. The van der Waals surface area contributed by atoms with E-state index < -0.39 is 24.0 Å². The second-order valence-corrected chi connectivity index (χ2v) is 4.48. The smallest absolute Gasteiger partial charge is 0.396 e. The first-order valence-corrected chi connectivity index (χ1v) is 5.46. The molecule has 0 saturated heterocycles. The van der Waals surface area contributed by atoms with E-state index in [2.05, 4.69) is 4.52 Å². The lowest BCUT2D eigenvalue weighted by Crippen LogP contribution is -2.24. The van der Waals surface area contributed by atoms with E-state index in [4.69, 9.17) is 33.0 Å². The van der Waals surface area contributed by atoms with Gasteiger partial charge >= 0.3 is 7.82 Å². The van der Waals surface area contributed by atoms with Crippen LogP contribution in [0.2, 0.25) is 0 Å². The van der Waals surface area contributed by atoms with E-state index in [0.717, 1.165) is 4.90 Å². The molecule has 0 aromatic carbocycles. The molecule has 9 heteroatoms. The minimum atomic E-state index is -4.84. The van der Waals surface area contributed by atoms with Crippen LogP contribution in [0.3, 0.4) is 0 Å². The first-order valence-electron chi connectivity index (χ1n) is 3.17. The van der Waals surface area contributed by atoms with Gasteiger partial charge in [-0.2, -0.15) is 0 Å². The molecule has 6 nitrogen and oxygen atoms in total. The maximum Gasteiger partial charge on any atom is 0.525 e. The summed E-state index contributed by atoms with van der Waals surface area (Å²) in [5.41, 5.74) is 0. The first-order chi connectivity index (χ1) is 6.15. The molecule has 0 radical (unpaired) electrons. The maximum atomic E-state index is 11.2. The molecule has 0 aliphatic rings. The average Bonchev–Trinajstić information content (AvgIpc) is 1.96. The molecule has 0 heterocycles. The van der Waals surface area contributed by atoms with E-state index in [1.54, 1.807) is 0 Å². The van der Waals surface area contributed by atoms with Crippen molar-refractivity contribution in [3.05, 3.63) is 10.3 Å². The Morgan fingerprint density at radius 2 is 1.79 bits per heavy atom. The molecule has 0 aromatic heterocycles. The molecule has 0 unspecified atom stereocenters. The normalized spacial score (nSPS) is 10.7. The van der Waals surface area contributed by atoms with Crippen LogP contribution in [0.5, 0.6) is 0 Å². The second kappa shape index (κ2) is 5.00. The number of halogens is 2. The van der Waals surface area contributed by atoms with Crippen LogP contribution in [0.25, 0.3) is 0 Å². The van der Waals surface area contributed by atoms with Gasteiger partial charge in [-0.25, -0.2) is 4.57 Å². The summed E-state index contributed by atoms with van der Waals surface area (Å²) < 4.78 is 13.8. The Balaban J connectivity index is 4.93. The fraction of sp³-hybridized carbons (Fsp3) is 0.400. The number of phosphoric acid groups is 1.